The minimum absolute atomic E-state index is 0.0620. The van der Waals surface area contributed by atoms with E-state index in [1.807, 2.05) is 6.92 Å². The molecule has 1 aromatic heterocycles. The van der Waals surface area contributed by atoms with Gasteiger partial charge in [-0.25, -0.2) is 8.42 Å². The van der Waals surface area contributed by atoms with E-state index < -0.39 is 10.0 Å². The molecule has 1 aliphatic rings. The van der Waals surface area contributed by atoms with Crippen LogP contribution in [0.4, 0.5) is 0 Å². The number of furan rings is 1. The molecule has 1 unspecified atom stereocenters. The molecule has 19 heavy (non-hydrogen) atoms. The van der Waals surface area contributed by atoms with Gasteiger partial charge >= 0.3 is 0 Å². The van der Waals surface area contributed by atoms with Crippen LogP contribution in [0, 0.1) is 6.92 Å². The average molecular weight is 289 g/mol. The second-order valence-corrected chi connectivity index (χ2v) is 6.46. The molecule has 1 fully saturated rings. The number of hydrogen-bond acceptors (Lipinski definition) is 5. The maximum atomic E-state index is 12.5. The summed E-state index contributed by atoms with van der Waals surface area (Å²) >= 11 is 0. The monoisotopic (exact) mass is 289 g/mol. The lowest BCUT2D eigenvalue weighted by Gasteiger charge is -2.31. The van der Waals surface area contributed by atoms with Crippen molar-refractivity contribution < 1.29 is 22.7 Å². The molecule has 2 heterocycles. The Hall–Kier alpha value is -0.890. The van der Waals surface area contributed by atoms with Gasteiger partial charge in [0.25, 0.3) is 0 Å². The number of aliphatic hydroxyl groups excluding tert-OH is 1. The lowest BCUT2D eigenvalue weighted by molar-refractivity contribution is -0.00280. The van der Waals surface area contributed by atoms with Crippen LogP contribution in [-0.4, -0.2) is 43.6 Å². The van der Waals surface area contributed by atoms with Gasteiger partial charge in [0.15, 0.2) is 0 Å². The minimum atomic E-state index is -3.58. The van der Waals surface area contributed by atoms with Gasteiger partial charge < -0.3 is 14.3 Å². The van der Waals surface area contributed by atoms with Crippen LogP contribution in [0.5, 0.6) is 0 Å². The van der Waals surface area contributed by atoms with Gasteiger partial charge in [-0.1, -0.05) is 6.92 Å². The molecule has 108 valence electrons. The second kappa shape index (κ2) is 5.62. The van der Waals surface area contributed by atoms with Crippen LogP contribution in [0.25, 0.3) is 0 Å². The number of aryl methyl sites for hydroxylation is 1. The van der Waals surface area contributed by atoms with Gasteiger partial charge in [0.1, 0.15) is 23.0 Å². The largest absolute Gasteiger partial charge is 0.462 e. The summed E-state index contributed by atoms with van der Waals surface area (Å²) in [5.74, 6) is 0.569. The molecule has 0 aromatic carbocycles. The predicted molar refractivity (Wildman–Crippen MR) is 68.2 cm³/mol. The van der Waals surface area contributed by atoms with Crippen molar-refractivity contribution in [2.24, 2.45) is 0 Å². The van der Waals surface area contributed by atoms with E-state index in [-0.39, 0.29) is 23.4 Å². The first-order valence-corrected chi connectivity index (χ1v) is 7.75. The van der Waals surface area contributed by atoms with Crippen molar-refractivity contribution >= 4 is 10.0 Å². The lowest BCUT2D eigenvalue weighted by atomic mass is 10.2. The summed E-state index contributed by atoms with van der Waals surface area (Å²) in [7, 11) is -3.58. The molecule has 2 rings (SSSR count). The number of sulfonamides is 1. The van der Waals surface area contributed by atoms with Crippen LogP contribution in [0.2, 0.25) is 0 Å². The van der Waals surface area contributed by atoms with Crippen molar-refractivity contribution in [2.45, 2.75) is 37.9 Å². The number of aliphatic hydroxyl groups is 1. The number of rotatable bonds is 4. The molecule has 0 saturated carbocycles. The Morgan fingerprint density at radius 1 is 1.53 bits per heavy atom. The van der Waals surface area contributed by atoms with Gasteiger partial charge in [0, 0.05) is 19.2 Å². The third-order valence-electron chi connectivity index (χ3n) is 3.25. The Morgan fingerprint density at radius 3 is 2.84 bits per heavy atom. The number of morpholine rings is 1. The van der Waals surface area contributed by atoms with E-state index in [4.69, 9.17) is 14.3 Å². The van der Waals surface area contributed by atoms with Crippen LogP contribution >= 0.6 is 0 Å². The Bertz CT molecular complexity index is 536. The van der Waals surface area contributed by atoms with Crippen molar-refractivity contribution in [3.8, 4) is 0 Å². The van der Waals surface area contributed by atoms with Crippen molar-refractivity contribution in [3.05, 3.63) is 17.6 Å². The fourth-order valence-electron chi connectivity index (χ4n) is 2.15. The zero-order chi connectivity index (χ0) is 14.0. The Labute approximate surface area is 113 Å². The zero-order valence-electron chi connectivity index (χ0n) is 11.1. The molecule has 0 amide bonds. The Kier molecular flexibility index (Phi) is 4.29. The van der Waals surface area contributed by atoms with Gasteiger partial charge in [0.05, 0.1) is 12.7 Å². The first-order valence-electron chi connectivity index (χ1n) is 6.31. The summed E-state index contributed by atoms with van der Waals surface area (Å²) in [4.78, 5) is 0.133. The van der Waals surface area contributed by atoms with E-state index >= 15 is 0 Å². The van der Waals surface area contributed by atoms with Crippen molar-refractivity contribution in [1.29, 1.82) is 0 Å². The van der Waals surface area contributed by atoms with E-state index in [1.165, 1.54) is 10.4 Å². The summed E-state index contributed by atoms with van der Waals surface area (Å²) < 4.78 is 37.2. The molecule has 0 bridgehead atoms. The van der Waals surface area contributed by atoms with E-state index in [2.05, 4.69) is 0 Å². The summed E-state index contributed by atoms with van der Waals surface area (Å²) in [5, 5.41) is 9.01. The molecule has 0 spiro atoms. The van der Waals surface area contributed by atoms with E-state index in [0.29, 0.717) is 25.5 Å². The predicted octanol–water partition coefficient (Wildman–Crippen LogP) is 0.880. The molecule has 1 atom stereocenters. The number of hydrogen-bond donors (Lipinski definition) is 1. The van der Waals surface area contributed by atoms with Crippen LogP contribution in [-0.2, 0) is 21.4 Å². The molecule has 0 radical (unpaired) electrons. The summed E-state index contributed by atoms with van der Waals surface area (Å²) in [6, 6.07) is 1.39. The fourth-order valence-corrected chi connectivity index (χ4v) is 3.80. The second-order valence-electron chi connectivity index (χ2n) is 4.56. The minimum Gasteiger partial charge on any atom is -0.462 e. The quantitative estimate of drug-likeness (QED) is 0.890. The maximum absolute atomic E-state index is 12.5. The third kappa shape index (κ3) is 2.84. The highest BCUT2D eigenvalue weighted by molar-refractivity contribution is 7.89. The first-order chi connectivity index (χ1) is 8.98. The highest BCUT2D eigenvalue weighted by Gasteiger charge is 2.32. The maximum Gasteiger partial charge on any atom is 0.246 e. The van der Waals surface area contributed by atoms with Gasteiger partial charge in [-0.2, -0.15) is 4.31 Å². The van der Waals surface area contributed by atoms with Gasteiger partial charge in [-0.3, -0.25) is 0 Å². The fraction of sp³-hybridized carbons (Fsp3) is 0.667. The molecule has 1 N–H and O–H groups in total. The van der Waals surface area contributed by atoms with Crippen LogP contribution in [0.15, 0.2) is 15.4 Å². The molecule has 1 aliphatic heterocycles. The van der Waals surface area contributed by atoms with Crippen molar-refractivity contribution in [2.75, 3.05) is 19.7 Å². The van der Waals surface area contributed by atoms with Gasteiger partial charge in [-0.15, -0.1) is 0 Å². The molecular weight excluding hydrogens is 270 g/mol. The van der Waals surface area contributed by atoms with Crippen molar-refractivity contribution in [1.82, 2.24) is 4.31 Å². The Balaban J connectivity index is 2.28. The third-order valence-corrected chi connectivity index (χ3v) is 5.23. The number of nitrogens with zero attached hydrogens (tertiary/aromatic N) is 1. The van der Waals surface area contributed by atoms with Crippen molar-refractivity contribution in [3.63, 3.8) is 0 Å². The Morgan fingerprint density at radius 2 is 2.26 bits per heavy atom. The van der Waals surface area contributed by atoms with Crippen LogP contribution in [0.1, 0.15) is 24.9 Å². The molecule has 1 aromatic rings. The SMILES string of the molecule is CCC1CN(S(=O)(=O)c2cc(CO)oc2C)CCO1. The number of ether oxygens (including phenoxy) is 1. The lowest BCUT2D eigenvalue weighted by Crippen LogP contribution is -2.45. The van der Waals surface area contributed by atoms with E-state index in [0.717, 1.165) is 6.42 Å². The first kappa shape index (κ1) is 14.5. The van der Waals surface area contributed by atoms with Crippen LogP contribution < -0.4 is 0 Å². The van der Waals surface area contributed by atoms with Gasteiger partial charge in [-0.05, 0) is 13.3 Å². The highest BCUT2D eigenvalue weighted by atomic mass is 32.2. The molecule has 1 saturated heterocycles. The molecule has 6 nitrogen and oxygen atoms in total. The topological polar surface area (TPSA) is 80.0 Å². The standard InChI is InChI=1S/C12H19NO5S/c1-3-10-7-13(4-5-17-10)19(15,16)12-6-11(8-14)18-9(12)2/h6,10,14H,3-5,7-8H2,1-2H3. The molecule has 7 heteroatoms. The van der Waals surface area contributed by atoms with Crippen LogP contribution in [0.3, 0.4) is 0 Å². The smallest absolute Gasteiger partial charge is 0.246 e. The summed E-state index contributed by atoms with van der Waals surface area (Å²) in [5.41, 5.74) is 0. The summed E-state index contributed by atoms with van der Waals surface area (Å²) in [6.07, 6.45) is 0.714. The molecule has 0 aliphatic carbocycles. The molecular formula is C12H19NO5S. The zero-order valence-corrected chi connectivity index (χ0v) is 11.9. The normalized spacial score (nSPS) is 21.7. The van der Waals surface area contributed by atoms with Gasteiger partial charge in [0.2, 0.25) is 10.0 Å². The average Bonchev–Trinajstić information content (AvgIpc) is 2.81. The van der Waals surface area contributed by atoms with E-state index in [1.54, 1.807) is 6.92 Å². The highest BCUT2D eigenvalue weighted by Crippen LogP contribution is 2.25. The van der Waals surface area contributed by atoms with E-state index in [9.17, 15) is 8.42 Å². The summed E-state index contributed by atoms with van der Waals surface area (Å²) in [6.45, 7) is 4.35.